The molecule has 2 atom stereocenters. The van der Waals surface area contributed by atoms with Gasteiger partial charge in [-0.15, -0.1) is 0 Å². The Morgan fingerprint density at radius 1 is 1.04 bits per heavy atom. The molecule has 3 rings (SSSR count). The van der Waals surface area contributed by atoms with Crippen LogP contribution in [0, 0.1) is 69.1 Å². The Morgan fingerprint density at radius 2 is 1.54 bits per heavy atom. The molecule has 1 amide bonds. The van der Waals surface area contributed by atoms with Crippen molar-refractivity contribution < 1.29 is 31.4 Å². The van der Waals surface area contributed by atoms with Crippen LogP contribution in [0.3, 0.4) is 0 Å². The normalized spacial score (nSPS) is 26.2. The SMILES string of the molecule is CCC[C@H]1C(=O)O[C@@H]([C]2[CH][CH][CH][CH]2)N1C(=O)C(C)(C)C.[CH]1[CH][CH][CH][CH]1.[Fe+2]. The first-order valence-electron chi connectivity index (χ1n) is 8.77. The molecule has 2 saturated carbocycles. The molecule has 5 heteroatoms. The Labute approximate surface area is 170 Å². The smallest absolute Gasteiger partial charge is 0.439 e. The average molecular weight is 397 g/mol. The second-order valence-corrected chi connectivity index (χ2v) is 7.24. The minimum Gasteiger partial charge on any atom is -0.439 e. The molecule has 0 spiro atoms. The molecule has 0 N–H and O–H groups in total. The van der Waals surface area contributed by atoms with Gasteiger partial charge in [-0.1, -0.05) is 34.1 Å². The van der Waals surface area contributed by atoms with Crippen molar-refractivity contribution in [2.45, 2.75) is 52.8 Å². The van der Waals surface area contributed by atoms with Gasteiger partial charge in [-0.2, -0.15) is 0 Å². The topological polar surface area (TPSA) is 46.6 Å². The summed E-state index contributed by atoms with van der Waals surface area (Å²) in [5.74, 6) is 0.512. The molecule has 0 unspecified atom stereocenters. The van der Waals surface area contributed by atoms with Crippen LogP contribution in [0.4, 0.5) is 0 Å². The number of carbonyl (C=O) groups is 2. The van der Waals surface area contributed by atoms with E-state index in [0.717, 1.165) is 12.3 Å². The third-order valence-electron chi connectivity index (χ3n) is 4.06. The fourth-order valence-electron chi connectivity index (χ4n) is 2.79. The van der Waals surface area contributed by atoms with Gasteiger partial charge in [-0.25, -0.2) is 4.79 Å². The third-order valence-corrected chi connectivity index (χ3v) is 4.06. The van der Waals surface area contributed by atoms with Crippen LogP contribution in [0.25, 0.3) is 0 Å². The maximum atomic E-state index is 12.7. The van der Waals surface area contributed by atoms with Crippen molar-refractivity contribution in [3.63, 3.8) is 0 Å². The molecule has 10 radical (unpaired) electrons. The Morgan fingerprint density at radius 3 is 1.96 bits per heavy atom. The first-order valence-corrected chi connectivity index (χ1v) is 8.77. The first kappa shape index (κ1) is 23.5. The van der Waals surface area contributed by atoms with E-state index in [4.69, 9.17) is 4.74 Å². The molecule has 1 saturated heterocycles. The van der Waals surface area contributed by atoms with Gasteiger partial charge in [0.2, 0.25) is 5.91 Å². The molecule has 2 aliphatic carbocycles. The van der Waals surface area contributed by atoms with E-state index in [0.29, 0.717) is 6.42 Å². The minimum absolute atomic E-state index is 0. The van der Waals surface area contributed by atoms with Gasteiger partial charge in [-0.3, -0.25) is 9.69 Å². The maximum absolute atomic E-state index is 12.7. The molecule has 1 heterocycles. The molecule has 0 aromatic carbocycles. The van der Waals surface area contributed by atoms with Gasteiger partial charge in [0.05, 0.1) is 0 Å². The van der Waals surface area contributed by atoms with Crippen molar-refractivity contribution in [3.05, 3.63) is 63.7 Å². The molecule has 0 aromatic rings. The molecular formula is C21H27FeNO3+2. The zero-order valence-corrected chi connectivity index (χ0v) is 16.9. The van der Waals surface area contributed by atoms with Gasteiger partial charge in [0.25, 0.3) is 0 Å². The van der Waals surface area contributed by atoms with Crippen LogP contribution in [-0.2, 0) is 31.4 Å². The quantitative estimate of drug-likeness (QED) is 0.542. The van der Waals surface area contributed by atoms with Crippen LogP contribution in [0.1, 0.15) is 40.5 Å². The van der Waals surface area contributed by atoms with Crippen LogP contribution in [0.2, 0.25) is 0 Å². The predicted octanol–water partition coefficient (Wildman–Crippen LogP) is 3.34. The summed E-state index contributed by atoms with van der Waals surface area (Å²) in [5, 5.41) is 0. The fraction of sp³-hybridized carbons (Fsp3) is 0.429. The molecular weight excluding hydrogens is 370 g/mol. The first-order chi connectivity index (χ1) is 11.9. The van der Waals surface area contributed by atoms with Gasteiger partial charge >= 0.3 is 23.0 Å². The zero-order valence-electron chi connectivity index (χ0n) is 15.8. The largest absolute Gasteiger partial charge is 2.00 e. The monoisotopic (exact) mass is 397 g/mol. The number of ether oxygens (including phenoxy) is 1. The fourth-order valence-corrected chi connectivity index (χ4v) is 2.79. The van der Waals surface area contributed by atoms with E-state index in [1.54, 1.807) is 4.90 Å². The summed E-state index contributed by atoms with van der Waals surface area (Å²) in [4.78, 5) is 26.4. The van der Waals surface area contributed by atoms with E-state index in [1.165, 1.54) is 0 Å². The number of amides is 1. The number of hydrogen-bond acceptors (Lipinski definition) is 3. The molecule has 1 aliphatic heterocycles. The number of hydrogen-bond donors (Lipinski definition) is 0. The average Bonchev–Trinajstić information content (AvgIpc) is 3.30. The van der Waals surface area contributed by atoms with Crippen LogP contribution in [0.15, 0.2) is 0 Å². The minimum atomic E-state index is -0.583. The van der Waals surface area contributed by atoms with Crippen molar-refractivity contribution >= 4 is 11.9 Å². The van der Waals surface area contributed by atoms with Gasteiger partial charge in [0, 0.05) is 11.3 Å². The molecule has 3 aliphatic rings. The van der Waals surface area contributed by atoms with Crippen molar-refractivity contribution in [1.29, 1.82) is 0 Å². The summed E-state index contributed by atoms with van der Waals surface area (Å²) in [5.41, 5.74) is -0.537. The summed E-state index contributed by atoms with van der Waals surface area (Å²) in [6, 6.07) is -0.466. The zero-order chi connectivity index (χ0) is 18.4. The Kier molecular flexibility index (Phi) is 9.68. The number of carbonyl (C=O) groups excluding carboxylic acids is 2. The van der Waals surface area contributed by atoms with Crippen LogP contribution in [-0.4, -0.2) is 29.0 Å². The summed E-state index contributed by atoms with van der Waals surface area (Å²) in [6.45, 7) is 7.60. The maximum Gasteiger partial charge on any atom is 2.00 e. The number of cyclic esters (lactones) is 1. The van der Waals surface area contributed by atoms with Gasteiger partial charge in [-0.05, 0) is 64.2 Å². The molecule has 26 heavy (non-hydrogen) atoms. The van der Waals surface area contributed by atoms with Crippen molar-refractivity contribution in [1.82, 2.24) is 4.90 Å². The summed E-state index contributed by atoms with van der Waals surface area (Å²) < 4.78 is 5.47. The van der Waals surface area contributed by atoms with Crippen molar-refractivity contribution in [2.24, 2.45) is 5.41 Å². The van der Waals surface area contributed by atoms with E-state index in [2.05, 4.69) is 0 Å². The van der Waals surface area contributed by atoms with Crippen LogP contribution in [0.5, 0.6) is 0 Å². The van der Waals surface area contributed by atoms with Gasteiger partial charge < -0.3 is 4.74 Å². The van der Waals surface area contributed by atoms with Crippen LogP contribution >= 0.6 is 0 Å². The van der Waals surface area contributed by atoms with E-state index in [-0.39, 0.29) is 28.9 Å². The van der Waals surface area contributed by atoms with E-state index in [9.17, 15) is 9.59 Å². The number of esters is 1. The summed E-state index contributed by atoms with van der Waals surface area (Å²) in [7, 11) is 0. The molecule has 3 fully saturated rings. The van der Waals surface area contributed by atoms with E-state index in [1.807, 2.05) is 85.5 Å². The molecule has 0 bridgehead atoms. The molecule has 0 aromatic heterocycles. The standard InChI is InChI=1S/C16H22NO3.C5H5.Fe/c1-5-8-12-14(18)20-13(11-9-6-7-10-11)17(12)15(19)16(2,3)4;1-2-4-5-3-1;/h6-7,9-10,12-13H,5,8H2,1-4H3;1-5H;/q;;+2/t12-,13-;;/m0../s1. The van der Waals surface area contributed by atoms with Crippen molar-refractivity contribution in [3.8, 4) is 0 Å². The van der Waals surface area contributed by atoms with Crippen molar-refractivity contribution in [2.75, 3.05) is 0 Å². The Hall–Kier alpha value is -0.541. The van der Waals surface area contributed by atoms with E-state index < -0.39 is 17.7 Å². The predicted molar refractivity (Wildman–Crippen MR) is 96.8 cm³/mol. The third kappa shape index (κ3) is 5.99. The van der Waals surface area contributed by atoms with Gasteiger partial charge in [0.1, 0.15) is 6.04 Å². The number of rotatable bonds is 3. The summed E-state index contributed by atoms with van der Waals surface area (Å²) in [6.07, 6.45) is 18.4. The van der Waals surface area contributed by atoms with E-state index >= 15 is 0 Å². The van der Waals surface area contributed by atoms with Crippen LogP contribution < -0.4 is 0 Å². The molecule has 140 valence electrons. The molecule has 4 nitrogen and oxygen atoms in total. The summed E-state index contributed by atoms with van der Waals surface area (Å²) >= 11 is 0. The Balaban J connectivity index is 0.000000486. The second-order valence-electron chi connectivity index (χ2n) is 7.24. The second kappa shape index (κ2) is 10.7. The Bertz CT molecular complexity index is 443. The van der Waals surface area contributed by atoms with Gasteiger partial charge in [0.15, 0.2) is 6.23 Å². The number of nitrogens with zero attached hydrogens (tertiary/aromatic N) is 1.